The highest BCUT2D eigenvalue weighted by Gasteiger charge is 2.34. The third-order valence-corrected chi connectivity index (χ3v) is 7.05. The van der Waals surface area contributed by atoms with Crippen molar-refractivity contribution in [3.05, 3.63) is 58.1 Å². The second kappa shape index (κ2) is 11.3. The lowest BCUT2D eigenvalue weighted by Crippen LogP contribution is -2.24. The van der Waals surface area contributed by atoms with Crippen molar-refractivity contribution in [3.8, 4) is 11.3 Å². The summed E-state index contributed by atoms with van der Waals surface area (Å²) in [7, 11) is 0. The standard InChI is InChI=1S/C24H23F3N4O4S2/c1-11(2)35-22(34)17-12(3)18(19(28)32)37-21(17)31-20(33)13(4)36-23-29-15(14-8-6-5-7-9-14)10-16(30-23)24(25,26)27/h5-11,13H,1-4H3,(H2,28,32)(H,31,33)/t13-/m1/s1. The Morgan fingerprint density at radius 3 is 2.32 bits per heavy atom. The molecule has 1 aromatic carbocycles. The van der Waals surface area contributed by atoms with E-state index in [9.17, 15) is 27.6 Å². The molecular formula is C24H23F3N4O4S2. The topological polar surface area (TPSA) is 124 Å². The van der Waals surface area contributed by atoms with E-state index in [1.165, 1.54) is 13.8 Å². The van der Waals surface area contributed by atoms with Gasteiger partial charge in [-0.2, -0.15) is 13.2 Å². The molecule has 0 aliphatic carbocycles. The molecule has 0 radical (unpaired) electrons. The Morgan fingerprint density at radius 1 is 1.11 bits per heavy atom. The number of benzene rings is 1. The molecule has 1 atom stereocenters. The minimum atomic E-state index is -4.72. The summed E-state index contributed by atoms with van der Waals surface area (Å²) in [6, 6.07) is 9.12. The van der Waals surface area contributed by atoms with Gasteiger partial charge in [-0.3, -0.25) is 9.59 Å². The summed E-state index contributed by atoms with van der Waals surface area (Å²) in [4.78, 5) is 45.3. The van der Waals surface area contributed by atoms with Crippen molar-refractivity contribution in [2.75, 3.05) is 5.32 Å². The van der Waals surface area contributed by atoms with Gasteiger partial charge >= 0.3 is 12.1 Å². The number of carbonyl (C=O) groups excluding carboxylic acids is 3. The number of alkyl halides is 3. The summed E-state index contributed by atoms with van der Waals surface area (Å²) in [5.41, 5.74) is 5.00. The number of nitrogens with one attached hydrogen (secondary N) is 1. The first-order valence-electron chi connectivity index (χ1n) is 10.9. The fourth-order valence-electron chi connectivity index (χ4n) is 3.16. The molecule has 8 nitrogen and oxygen atoms in total. The maximum absolute atomic E-state index is 13.5. The van der Waals surface area contributed by atoms with E-state index in [2.05, 4.69) is 15.3 Å². The molecule has 0 fully saturated rings. The van der Waals surface area contributed by atoms with Crippen LogP contribution in [0.1, 0.15) is 52.1 Å². The zero-order valence-electron chi connectivity index (χ0n) is 20.2. The molecule has 3 N–H and O–H groups in total. The first-order valence-corrected chi connectivity index (χ1v) is 12.6. The van der Waals surface area contributed by atoms with Crippen LogP contribution in [-0.2, 0) is 15.7 Å². The molecule has 2 heterocycles. The number of thioether (sulfide) groups is 1. The van der Waals surface area contributed by atoms with E-state index in [1.54, 1.807) is 44.2 Å². The number of nitrogens with two attached hydrogens (primary N) is 1. The predicted octanol–water partition coefficient (Wildman–Crippen LogP) is 5.32. The van der Waals surface area contributed by atoms with Crippen molar-refractivity contribution in [1.29, 1.82) is 0 Å². The monoisotopic (exact) mass is 552 g/mol. The minimum absolute atomic E-state index is 0.0141. The second-order valence-electron chi connectivity index (χ2n) is 8.11. The van der Waals surface area contributed by atoms with Gasteiger partial charge in [0.2, 0.25) is 5.91 Å². The van der Waals surface area contributed by atoms with Crippen LogP contribution in [-0.4, -0.2) is 39.1 Å². The molecule has 0 saturated carbocycles. The number of rotatable bonds is 8. The van der Waals surface area contributed by atoms with Crippen LogP contribution in [0.2, 0.25) is 0 Å². The summed E-state index contributed by atoms with van der Waals surface area (Å²) < 4.78 is 45.7. The van der Waals surface area contributed by atoms with Gasteiger partial charge in [0.05, 0.1) is 27.5 Å². The molecule has 0 saturated heterocycles. The fraction of sp³-hybridized carbons (Fsp3) is 0.292. The maximum atomic E-state index is 13.5. The molecule has 0 spiro atoms. The maximum Gasteiger partial charge on any atom is 0.433 e. The number of hydrogen-bond acceptors (Lipinski definition) is 8. The molecule has 0 aliphatic rings. The number of thiophene rings is 1. The van der Waals surface area contributed by atoms with Crippen LogP contribution in [0.5, 0.6) is 0 Å². The van der Waals surface area contributed by atoms with Crippen molar-refractivity contribution in [1.82, 2.24) is 9.97 Å². The van der Waals surface area contributed by atoms with Gasteiger partial charge in [-0.05, 0) is 39.3 Å². The third-order valence-electron chi connectivity index (χ3n) is 4.87. The Kier molecular flexibility index (Phi) is 8.59. The Bertz CT molecular complexity index is 1330. The van der Waals surface area contributed by atoms with Crippen molar-refractivity contribution in [2.45, 2.75) is 50.4 Å². The Morgan fingerprint density at radius 2 is 1.76 bits per heavy atom. The molecule has 0 aliphatic heterocycles. The van der Waals surface area contributed by atoms with Gasteiger partial charge in [0.25, 0.3) is 5.91 Å². The lowest BCUT2D eigenvalue weighted by molar-refractivity contribution is -0.141. The van der Waals surface area contributed by atoms with E-state index in [0.717, 1.165) is 17.4 Å². The van der Waals surface area contributed by atoms with Gasteiger partial charge in [-0.1, -0.05) is 42.1 Å². The molecule has 3 aromatic rings. The number of ether oxygens (including phenoxy) is 1. The number of amides is 2. The van der Waals surface area contributed by atoms with Crippen LogP contribution >= 0.6 is 23.1 Å². The molecule has 2 amide bonds. The lowest BCUT2D eigenvalue weighted by atomic mass is 10.1. The van der Waals surface area contributed by atoms with Gasteiger partial charge in [-0.25, -0.2) is 14.8 Å². The number of primary amides is 1. The van der Waals surface area contributed by atoms with Crippen LogP contribution in [0, 0.1) is 6.92 Å². The molecule has 0 bridgehead atoms. The zero-order chi connectivity index (χ0) is 27.5. The highest BCUT2D eigenvalue weighted by Crippen LogP contribution is 2.36. The van der Waals surface area contributed by atoms with E-state index < -0.39 is 41.0 Å². The lowest BCUT2D eigenvalue weighted by Gasteiger charge is -2.14. The van der Waals surface area contributed by atoms with Gasteiger partial charge in [0.1, 0.15) is 10.7 Å². The molecule has 3 rings (SSSR count). The summed E-state index contributed by atoms with van der Waals surface area (Å²) >= 11 is 1.53. The van der Waals surface area contributed by atoms with E-state index in [0.29, 0.717) is 17.3 Å². The molecule has 0 unspecified atom stereocenters. The van der Waals surface area contributed by atoms with E-state index in [4.69, 9.17) is 10.5 Å². The Labute approximate surface area is 218 Å². The van der Waals surface area contributed by atoms with Crippen molar-refractivity contribution < 1.29 is 32.3 Å². The number of hydrogen-bond donors (Lipinski definition) is 2. The molecule has 13 heteroatoms. The predicted molar refractivity (Wildman–Crippen MR) is 135 cm³/mol. The largest absolute Gasteiger partial charge is 0.459 e. The molecule has 2 aromatic heterocycles. The normalized spacial score (nSPS) is 12.3. The molecule has 196 valence electrons. The van der Waals surface area contributed by atoms with E-state index in [1.807, 2.05) is 0 Å². The quantitative estimate of drug-likeness (QED) is 0.220. The number of esters is 1. The highest BCUT2D eigenvalue weighted by atomic mass is 32.2. The first kappa shape index (κ1) is 28.1. The SMILES string of the molecule is Cc1c(C(N)=O)sc(NC(=O)[C@@H](C)Sc2nc(-c3ccccc3)cc(C(F)(F)F)n2)c1C(=O)OC(C)C. The van der Waals surface area contributed by atoms with Crippen molar-refractivity contribution in [2.24, 2.45) is 5.73 Å². The van der Waals surface area contributed by atoms with Crippen LogP contribution in [0.4, 0.5) is 18.2 Å². The zero-order valence-corrected chi connectivity index (χ0v) is 21.8. The van der Waals surface area contributed by atoms with E-state index in [-0.39, 0.29) is 31.9 Å². The molecule has 37 heavy (non-hydrogen) atoms. The minimum Gasteiger partial charge on any atom is -0.459 e. The van der Waals surface area contributed by atoms with Gasteiger partial charge in [0, 0.05) is 5.56 Å². The summed E-state index contributed by atoms with van der Waals surface area (Å²) in [5, 5.41) is 1.38. The summed E-state index contributed by atoms with van der Waals surface area (Å²) in [6.45, 7) is 6.24. The van der Waals surface area contributed by atoms with Crippen LogP contribution in [0.25, 0.3) is 11.3 Å². The van der Waals surface area contributed by atoms with Crippen LogP contribution in [0.3, 0.4) is 0 Å². The number of nitrogens with zero attached hydrogens (tertiary/aromatic N) is 2. The average molecular weight is 553 g/mol. The first-order chi connectivity index (χ1) is 17.3. The van der Waals surface area contributed by atoms with Crippen LogP contribution < -0.4 is 11.1 Å². The van der Waals surface area contributed by atoms with Crippen LogP contribution in [0.15, 0.2) is 41.6 Å². The Balaban J connectivity index is 1.90. The fourth-order valence-corrected chi connectivity index (χ4v) is 4.99. The molecular weight excluding hydrogens is 529 g/mol. The number of halogens is 3. The third kappa shape index (κ3) is 6.86. The smallest absolute Gasteiger partial charge is 0.433 e. The Hall–Kier alpha value is -3.45. The number of aromatic nitrogens is 2. The second-order valence-corrected chi connectivity index (χ2v) is 10.4. The van der Waals surface area contributed by atoms with Gasteiger partial charge in [-0.15, -0.1) is 11.3 Å². The summed E-state index contributed by atoms with van der Waals surface area (Å²) in [6.07, 6.45) is -5.18. The summed E-state index contributed by atoms with van der Waals surface area (Å²) in [5.74, 6) is -2.18. The average Bonchev–Trinajstić information content (AvgIpc) is 3.14. The van der Waals surface area contributed by atoms with Crippen molar-refractivity contribution in [3.63, 3.8) is 0 Å². The van der Waals surface area contributed by atoms with Gasteiger partial charge < -0.3 is 15.8 Å². The van der Waals surface area contributed by atoms with Crippen molar-refractivity contribution >= 4 is 45.9 Å². The number of carbonyl (C=O) groups is 3. The highest BCUT2D eigenvalue weighted by molar-refractivity contribution is 8.00. The van der Waals surface area contributed by atoms with Gasteiger partial charge in [0.15, 0.2) is 5.16 Å². The number of anilines is 1. The van der Waals surface area contributed by atoms with E-state index >= 15 is 0 Å².